The van der Waals surface area contributed by atoms with Crippen LogP contribution in [-0.4, -0.2) is 65.3 Å². The molecule has 38 heavy (non-hydrogen) atoms. The molecular weight excluding hydrogens is 480 g/mol. The highest BCUT2D eigenvalue weighted by Gasteiger charge is 2.22. The molecule has 1 fully saturated rings. The van der Waals surface area contributed by atoms with E-state index in [0.29, 0.717) is 18.2 Å². The number of ether oxygens (including phenoxy) is 2. The van der Waals surface area contributed by atoms with Crippen molar-refractivity contribution in [3.63, 3.8) is 0 Å². The lowest BCUT2D eigenvalue weighted by Gasteiger charge is -2.34. The molecule has 0 radical (unpaired) electrons. The number of carboxylic acid groups (broad SMARTS) is 1. The van der Waals surface area contributed by atoms with Crippen molar-refractivity contribution < 1.29 is 19.4 Å². The highest BCUT2D eigenvalue weighted by Crippen LogP contribution is 2.26. The van der Waals surface area contributed by atoms with Crippen molar-refractivity contribution in [3.8, 4) is 11.5 Å². The van der Waals surface area contributed by atoms with Gasteiger partial charge < -0.3 is 19.5 Å². The number of nitrogens with zero attached hydrogens (tertiary/aromatic N) is 4. The fourth-order valence-corrected chi connectivity index (χ4v) is 5.07. The Bertz CT molecular complexity index is 1290. The van der Waals surface area contributed by atoms with Gasteiger partial charge in [-0.1, -0.05) is 12.1 Å². The van der Waals surface area contributed by atoms with Gasteiger partial charge >= 0.3 is 5.97 Å². The summed E-state index contributed by atoms with van der Waals surface area (Å²) in [6.07, 6.45) is 6.00. The molecule has 8 nitrogen and oxygen atoms in total. The Morgan fingerprint density at radius 3 is 2.42 bits per heavy atom. The third-order valence-electron chi connectivity index (χ3n) is 7.59. The molecule has 3 aromatic rings. The minimum atomic E-state index is -1.05. The second kappa shape index (κ2) is 11.8. The molecule has 0 amide bonds. The van der Waals surface area contributed by atoms with E-state index in [9.17, 15) is 9.90 Å². The summed E-state index contributed by atoms with van der Waals surface area (Å²) < 4.78 is 12.0. The van der Waals surface area contributed by atoms with E-state index in [-0.39, 0.29) is 12.2 Å². The largest absolute Gasteiger partial charge is 0.492 e. The maximum Gasteiger partial charge on any atom is 0.339 e. The number of piperazine rings is 1. The molecule has 2 aromatic carbocycles. The Balaban J connectivity index is 1.16. The Hall–Kier alpha value is -3.65. The standard InChI is InChI=1S/C30H36N4O4/c1-21-7-9-25(17-22(21)2)37-16-15-33-11-13-34(14-12-33)30-31-19-27(29(35)36)28(32-30)20-38-26-10-8-23-5-3-4-6-24(23)18-26/h7-10,17-19H,3-6,11-16,20H2,1-2H3,(H,35,36). The second-order valence-electron chi connectivity index (χ2n) is 10.2. The van der Waals surface area contributed by atoms with Crippen molar-refractivity contribution in [2.75, 3.05) is 44.2 Å². The molecule has 1 aliphatic carbocycles. The minimum Gasteiger partial charge on any atom is -0.492 e. The van der Waals surface area contributed by atoms with Gasteiger partial charge in [-0.25, -0.2) is 14.8 Å². The molecule has 1 aliphatic heterocycles. The lowest BCUT2D eigenvalue weighted by atomic mass is 9.92. The molecule has 0 spiro atoms. The number of fused-ring (bicyclic) bond motifs is 1. The Labute approximate surface area is 224 Å². The summed E-state index contributed by atoms with van der Waals surface area (Å²) in [5.41, 5.74) is 5.68. The molecule has 1 N–H and O–H groups in total. The molecule has 1 saturated heterocycles. The Morgan fingerprint density at radius 1 is 0.921 bits per heavy atom. The van der Waals surface area contributed by atoms with Crippen LogP contribution in [0, 0.1) is 13.8 Å². The number of hydrogen-bond donors (Lipinski definition) is 1. The highest BCUT2D eigenvalue weighted by atomic mass is 16.5. The number of anilines is 1. The zero-order valence-electron chi connectivity index (χ0n) is 22.3. The molecule has 0 saturated carbocycles. The Morgan fingerprint density at radius 2 is 1.66 bits per heavy atom. The molecule has 2 aliphatic rings. The van der Waals surface area contributed by atoms with Crippen LogP contribution in [0.5, 0.6) is 11.5 Å². The van der Waals surface area contributed by atoms with Gasteiger partial charge in [0.1, 0.15) is 30.3 Å². The van der Waals surface area contributed by atoms with E-state index in [0.717, 1.165) is 57.1 Å². The smallest absolute Gasteiger partial charge is 0.339 e. The van der Waals surface area contributed by atoms with Crippen LogP contribution in [0.15, 0.2) is 42.6 Å². The minimum absolute atomic E-state index is 0.0776. The first-order valence-corrected chi connectivity index (χ1v) is 13.5. The zero-order valence-corrected chi connectivity index (χ0v) is 22.3. The van der Waals surface area contributed by atoms with Gasteiger partial charge in [0.2, 0.25) is 5.95 Å². The van der Waals surface area contributed by atoms with Crippen LogP contribution in [0.2, 0.25) is 0 Å². The van der Waals surface area contributed by atoms with Crippen LogP contribution >= 0.6 is 0 Å². The number of aromatic nitrogens is 2. The summed E-state index contributed by atoms with van der Waals surface area (Å²) in [5, 5.41) is 9.68. The summed E-state index contributed by atoms with van der Waals surface area (Å²) in [6.45, 7) is 9.02. The van der Waals surface area contributed by atoms with Crippen LogP contribution in [0.25, 0.3) is 0 Å². The SMILES string of the molecule is Cc1ccc(OCCN2CCN(c3ncc(C(=O)O)c(COc4ccc5c(c4)CCCC5)n3)CC2)cc1C. The molecule has 0 unspecified atom stereocenters. The predicted molar refractivity (Wildman–Crippen MR) is 146 cm³/mol. The van der Waals surface area contributed by atoms with Crippen molar-refractivity contribution >= 4 is 11.9 Å². The third-order valence-corrected chi connectivity index (χ3v) is 7.59. The van der Waals surface area contributed by atoms with E-state index >= 15 is 0 Å². The van der Waals surface area contributed by atoms with Gasteiger partial charge in [-0.3, -0.25) is 4.90 Å². The van der Waals surface area contributed by atoms with Gasteiger partial charge in [0.25, 0.3) is 0 Å². The van der Waals surface area contributed by atoms with Crippen molar-refractivity contribution in [3.05, 3.63) is 76.1 Å². The van der Waals surface area contributed by atoms with E-state index in [4.69, 9.17) is 9.47 Å². The van der Waals surface area contributed by atoms with Crippen molar-refractivity contribution in [1.82, 2.24) is 14.9 Å². The normalized spacial score (nSPS) is 15.7. The lowest BCUT2D eigenvalue weighted by molar-refractivity contribution is 0.0692. The fraction of sp³-hybridized carbons (Fsp3) is 0.433. The fourth-order valence-electron chi connectivity index (χ4n) is 5.07. The van der Waals surface area contributed by atoms with Gasteiger partial charge in [-0.15, -0.1) is 0 Å². The molecule has 8 heteroatoms. The van der Waals surface area contributed by atoms with E-state index in [1.807, 2.05) is 12.1 Å². The monoisotopic (exact) mass is 516 g/mol. The molecule has 2 heterocycles. The van der Waals surface area contributed by atoms with Crippen LogP contribution in [0.3, 0.4) is 0 Å². The van der Waals surface area contributed by atoms with Gasteiger partial charge in [0.05, 0.1) is 5.69 Å². The van der Waals surface area contributed by atoms with Crippen LogP contribution in [-0.2, 0) is 19.4 Å². The average molecular weight is 517 g/mol. The van der Waals surface area contributed by atoms with Crippen LogP contribution in [0.1, 0.15) is 51.1 Å². The topological polar surface area (TPSA) is 88.0 Å². The molecular formula is C30H36N4O4. The van der Waals surface area contributed by atoms with E-state index in [1.54, 1.807) is 0 Å². The van der Waals surface area contributed by atoms with E-state index < -0.39 is 5.97 Å². The summed E-state index contributed by atoms with van der Waals surface area (Å²) in [6, 6.07) is 12.4. The second-order valence-corrected chi connectivity index (χ2v) is 10.2. The first kappa shape index (κ1) is 26.0. The highest BCUT2D eigenvalue weighted by molar-refractivity contribution is 5.88. The third kappa shape index (κ3) is 6.25. The zero-order chi connectivity index (χ0) is 26.5. The molecule has 0 atom stereocenters. The quantitative estimate of drug-likeness (QED) is 0.446. The number of carboxylic acids is 1. The molecule has 0 bridgehead atoms. The van der Waals surface area contributed by atoms with Crippen molar-refractivity contribution in [1.29, 1.82) is 0 Å². The van der Waals surface area contributed by atoms with Gasteiger partial charge in [0, 0.05) is 38.9 Å². The maximum absolute atomic E-state index is 11.8. The number of benzene rings is 2. The van der Waals surface area contributed by atoms with Crippen molar-refractivity contribution in [2.45, 2.75) is 46.1 Å². The van der Waals surface area contributed by atoms with Crippen LogP contribution < -0.4 is 14.4 Å². The summed E-state index contributed by atoms with van der Waals surface area (Å²) in [4.78, 5) is 25.3. The number of aromatic carboxylic acids is 1. The number of aryl methyl sites for hydroxylation is 4. The molecule has 1 aromatic heterocycles. The Kier molecular flexibility index (Phi) is 8.08. The van der Waals surface area contributed by atoms with E-state index in [1.165, 1.54) is 41.3 Å². The van der Waals surface area contributed by atoms with Gasteiger partial charge in [-0.05, 0) is 86.1 Å². The van der Waals surface area contributed by atoms with Crippen LogP contribution in [0.4, 0.5) is 5.95 Å². The lowest BCUT2D eigenvalue weighted by Crippen LogP contribution is -2.48. The molecule has 200 valence electrons. The predicted octanol–water partition coefficient (Wildman–Crippen LogP) is 4.45. The number of rotatable bonds is 9. The first-order valence-electron chi connectivity index (χ1n) is 13.5. The number of carbonyl (C=O) groups is 1. The maximum atomic E-state index is 11.8. The number of hydrogen-bond acceptors (Lipinski definition) is 7. The summed E-state index contributed by atoms with van der Waals surface area (Å²) >= 11 is 0. The average Bonchev–Trinajstić information content (AvgIpc) is 2.94. The summed E-state index contributed by atoms with van der Waals surface area (Å²) in [5.74, 6) is 1.15. The first-order chi connectivity index (χ1) is 18.5. The van der Waals surface area contributed by atoms with E-state index in [2.05, 4.69) is 57.9 Å². The van der Waals surface area contributed by atoms with Gasteiger partial charge in [0.15, 0.2) is 0 Å². The molecule has 5 rings (SSSR count). The van der Waals surface area contributed by atoms with Gasteiger partial charge in [-0.2, -0.15) is 0 Å². The van der Waals surface area contributed by atoms with Crippen molar-refractivity contribution in [2.24, 2.45) is 0 Å². The summed E-state index contributed by atoms with van der Waals surface area (Å²) in [7, 11) is 0.